The minimum Gasteiger partial charge on any atom is -0.398 e. The van der Waals surface area contributed by atoms with Crippen LogP contribution in [0, 0.1) is 0 Å². The van der Waals surface area contributed by atoms with Gasteiger partial charge in [-0.2, -0.15) is 0 Å². The minimum absolute atomic E-state index is 0.505. The molecular weight excluding hydrogens is 240 g/mol. The molecule has 1 saturated heterocycles. The van der Waals surface area contributed by atoms with E-state index in [1.807, 2.05) is 6.07 Å². The molecule has 1 atom stereocenters. The van der Waals surface area contributed by atoms with Gasteiger partial charge >= 0.3 is 0 Å². The molecule has 0 bridgehead atoms. The average Bonchev–Trinajstić information content (AvgIpc) is 2.34. The van der Waals surface area contributed by atoms with E-state index in [9.17, 15) is 5.11 Å². The van der Waals surface area contributed by atoms with Crippen molar-refractivity contribution in [2.75, 3.05) is 38.6 Å². The van der Waals surface area contributed by atoms with Crippen molar-refractivity contribution in [2.45, 2.75) is 6.10 Å². The van der Waals surface area contributed by atoms with Gasteiger partial charge in [-0.15, -0.1) is 0 Å². The van der Waals surface area contributed by atoms with E-state index >= 15 is 0 Å². The Morgan fingerprint density at radius 1 is 1.41 bits per heavy atom. The average molecular weight is 257 g/mol. The van der Waals surface area contributed by atoms with E-state index in [2.05, 4.69) is 4.90 Å². The molecule has 1 aliphatic heterocycles. The molecule has 1 aromatic rings. The van der Waals surface area contributed by atoms with Crippen molar-refractivity contribution in [3.05, 3.63) is 28.8 Å². The zero-order valence-corrected chi connectivity index (χ0v) is 10.4. The van der Waals surface area contributed by atoms with Crippen molar-refractivity contribution in [3.8, 4) is 0 Å². The number of hydrogen-bond donors (Lipinski definition) is 2. The highest BCUT2D eigenvalue weighted by molar-refractivity contribution is 6.33. The summed E-state index contributed by atoms with van der Waals surface area (Å²) in [5, 5.41) is 10.6. The van der Waals surface area contributed by atoms with Crippen LogP contribution in [0.25, 0.3) is 0 Å². The molecule has 5 heteroatoms. The molecule has 4 nitrogen and oxygen atoms in total. The molecule has 1 heterocycles. The van der Waals surface area contributed by atoms with Crippen LogP contribution in [0.4, 0.5) is 5.69 Å². The summed E-state index contributed by atoms with van der Waals surface area (Å²) in [4.78, 5) is 2.18. The topological polar surface area (TPSA) is 58.7 Å². The lowest BCUT2D eigenvalue weighted by Crippen LogP contribution is -2.38. The third kappa shape index (κ3) is 3.33. The van der Waals surface area contributed by atoms with Gasteiger partial charge in [0.1, 0.15) is 0 Å². The fourth-order valence-electron chi connectivity index (χ4n) is 1.90. The van der Waals surface area contributed by atoms with Crippen molar-refractivity contribution in [1.82, 2.24) is 4.90 Å². The predicted molar refractivity (Wildman–Crippen MR) is 68.1 cm³/mol. The summed E-state index contributed by atoms with van der Waals surface area (Å²) in [6, 6.07) is 5.26. The van der Waals surface area contributed by atoms with E-state index in [4.69, 9.17) is 22.1 Å². The van der Waals surface area contributed by atoms with Gasteiger partial charge < -0.3 is 15.6 Å². The molecule has 1 aliphatic rings. The van der Waals surface area contributed by atoms with Crippen molar-refractivity contribution in [1.29, 1.82) is 0 Å². The Hall–Kier alpha value is -0.810. The van der Waals surface area contributed by atoms with Crippen molar-refractivity contribution in [3.63, 3.8) is 0 Å². The number of anilines is 1. The molecule has 0 aromatic heterocycles. The maximum absolute atomic E-state index is 10.1. The van der Waals surface area contributed by atoms with Crippen LogP contribution in [-0.2, 0) is 4.74 Å². The summed E-state index contributed by atoms with van der Waals surface area (Å²) in [6.45, 7) is 3.79. The number of halogens is 1. The SMILES string of the molecule is Nc1cc(C(O)CN2CCOCC2)ccc1Cl. The van der Waals surface area contributed by atoms with Crippen molar-refractivity contribution < 1.29 is 9.84 Å². The van der Waals surface area contributed by atoms with Crippen LogP contribution in [0.15, 0.2) is 18.2 Å². The van der Waals surface area contributed by atoms with Gasteiger partial charge in [0.25, 0.3) is 0 Å². The second-order valence-corrected chi connectivity index (χ2v) is 4.62. The first kappa shape index (κ1) is 12.6. The summed E-state index contributed by atoms with van der Waals surface area (Å²) in [5.74, 6) is 0. The monoisotopic (exact) mass is 256 g/mol. The largest absolute Gasteiger partial charge is 0.398 e. The summed E-state index contributed by atoms with van der Waals surface area (Å²) >= 11 is 5.84. The molecule has 94 valence electrons. The number of nitrogen functional groups attached to an aromatic ring is 1. The van der Waals surface area contributed by atoms with Gasteiger partial charge in [0.15, 0.2) is 0 Å². The lowest BCUT2D eigenvalue weighted by molar-refractivity contribution is 0.0143. The van der Waals surface area contributed by atoms with E-state index in [1.165, 1.54) is 0 Å². The van der Waals surface area contributed by atoms with Crippen molar-refractivity contribution >= 4 is 17.3 Å². The second kappa shape index (κ2) is 5.69. The van der Waals surface area contributed by atoms with E-state index in [-0.39, 0.29) is 0 Å². The Morgan fingerprint density at radius 2 is 2.12 bits per heavy atom. The van der Waals surface area contributed by atoms with Gasteiger partial charge in [0.2, 0.25) is 0 Å². The van der Waals surface area contributed by atoms with E-state index in [1.54, 1.807) is 12.1 Å². The lowest BCUT2D eigenvalue weighted by Gasteiger charge is -2.28. The molecule has 0 saturated carbocycles. The Kier molecular flexibility index (Phi) is 4.23. The van der Waals surface area contributed by atoms with Crippen LogP contribution in [-0.4, -0.2) is 42.9 Å². The van der Waals surface area contributed by atoms with E-state index < -0.39 is 6.10 Å². The third-order valence-corrected chi connectivity index (χ3v) is 3.28. The highest BCUT2D eigenvalue weighted by atomic mass is 35.5. The minimum atomic E-state index is -0.535. The number of nitrogens with two attached hydrogens (primary N) is 1. The van der Waals surface area contributed by atoms with Gasteiger partial charge in [0.05, 0.1) is 30.0 Å². The normalized spacial score (nSPS) is 19.2. The first-order chi connectivity index (χ1) is 8.16. The predicted octanol–water partition coefficient (Wildman–Crippen LogP) is 1.29. The van der Waals surface area contributed by atoms with Crippen LogP contribution in [0.5, 0.6) is 0 Å². The van der Waals surface area contributed by atoms with Gasteiger partial charge in [-0.05, 0) is 17.7 Å². The van der Waals surface area contributed by atoms with E-state index in [0.717, 1.165) is 31.9 Å². The maximum atomic E-state index is 10.1. The van der Waals surface area contributed by atoms with Gasteiger partial charge in [-0.1, -0.05) is 17.7 Å². The Balaban J connectivity index is 1.98. The zero-order valence-electron chi connectivity index (χ0n) is 9.60. The molecule has 0 spiro atoms. The van der Waals surface area contributed by atoms with Gasteiger partial charge in [-0.3, -0.25) is 4.90 Å². The number of ether oxygens (including phenoxy) is 1. The first-order valence-corrected chi connectivity index (χ1v) is 6.07. The van der Waals surface area contributed by atoms with Crippen LogP contribution in [0.2, 0.25) is 5.02 Å². The number of rotatable bonds is 3. The molecule has 2 rings (SSSR count). The smallest absolute Gasteiger partial charge is 0.0917 e. The maximum Gasteiger partial charge on any atom is 0.0917 e. The number of aliphatic hydroxyl groups is 1. The molecular formula is C12H17ClN2O2. The van der Waals surface area contributed by atoms with Gasteiger partial charge in [-0.25, -0.2) is 0 Å². The molecule has 0 radical (unpaired) electrons. The lowest BCUT2D eigenvalue weighted by atomic mass is 10.1. The summed E-state index contributed by atoms with van der Waals surface area (Å²) in [7, 11) is 0. The number of hydrogen-bond acceptors (Lipinski definition) is 4. The zero-order chi connectivity index (χ0) is 12.3. The molecule has 3 N–H and O–H groups in total. The highest BCUT2D eigenvalue weighted by Gasteiger charge is 2.16. The summed E-state index contributed by atoms with van der Waals surface area (Å²) in [5.41, 5.74) is 7.02. The first-order valence-electron chi connectivity index (χ1n) is 5.70. The molecule has 0 amide bonds. The van der Waals surface area contributed by atoms with Gasteiger partial charge in [0, 0.05) is 19.6 Å². The van der Waals surface area contributed by atoms with E-state index in [0.29, 0.717) is 17.3 Å². The Labute approximate surface area is 106 Å². The summed E-state index contributed by atoms with van der Waals surface area (Å²) in [6.07, 6.45) is -0.535. The Bertz CT molecular complexity index is 381. The number of benzene rings is 1. The second-order valence-electron chi connectivity index (χ2n) is 4.21. The summed E-state index contributed by atoms with van der Waals surface area (Å²) < 4.78 is 5.26. The fourth-order valence-corrected chi connectivity index (χ4v) is 2.02. The molecule has 1 aromatic carbocycles. The number of β-amino-alcohol motifs (C(OH)–C–C–N with tert-alkyl or cyclic N) is 1. The molecule has 0 aliphatic carbocycles. The Morgan fingerprint density at radius 3 is 2.76 bits per heavy atom. The van der Waals surface area contributed by atoms with Crippen LogP contribution >= 0.6 is 11.6 Å². The number of morpholine rings is 1. The number of nitrogens with zero attached hydrogens (tertiary/aromatic N) is 1. The standard InChI is InChI=1S/C12H17ClN2O2/c13-10-2-1-9(7-11(10)14)12(16)8-15-3-5-17-6-4-15/h1-2,7,12,16H,3-6,8,14H2. The quantitative estimate of drug-likeness (QED) is 0.800. The highest BCUT2D eigenvalue weighted by Crippen LogP contribution is 2.23. The van der Waals surface area contributed by atoms with Crippen LogP contribution in [0.1, 0.15) is 11.7 Å². The molecule has 1 unspecified atom stereocenters. The van der Waals surface area contributed by atoms with Crippen LogP contribution < -0.4 is 5.73 Å². The van der Waals surface area contributed by atoms with Crippen LogP contribution in [0.3, 0.4) is 0 Å². The molecule has 17 heavy (non-hydrogen) atoms. The number of aliphatic hydroxyl groups excluding tert-OH is 1. The van der Waals surface area contributed by atoms with Crippen molar-refractivity contribution in [2.24, 2.45) is 0 Å². The third-order valence-electron chi connectivity index (χ3n) is 2.94. The fraction of sp³-hybridized carbons (Fsp3) is 0.500. The molecule has 1 fully saturated rings.